The van der Waals surface area contributed by atoms with E-state index >= 15 is 0 Å². The number of rotatable bonds is 4. The second-order valence-electron chi connectivity index (χ2n) is 5.68. The summed E-state index contributed by atoms with van der Waals surface area (Å²) in [6.07, 6.45) is 2.38. The van der Waals surface area contributed by atoms with Crippen LogP contribution in [0.25, 0.3) is 10.9 Å². The number of nitrogens with one attached hydrogen (secondary N) is 1. The van der Waals surface area contributed by atoms with Gasteiger partial charge in [0, 0.05) is 42.4 Å². The van der Waals surface area contributed by atoms with Crippen molar-refractivity contribution < 1.29 is 4.92 Å². The predicted octanol–water partition coefficient (Wildman–Crippen LogP) is 2.66. The molecule has 1 fully saturated rings. The van der Waals surface area contributed by atoms with Crippen LogP contribution in [0.15, 0.2) is 29.1 Å². The summed E-state index contributed by atoms with van der Waals surface area (Å²) >= 11 is 0. The van der Waals surface area contributed by atoms with E-state index in [2.05, 4.69) is 12.2 Å². The molecule has 0 aliphatic heterocycles. The monoisotopic (exact) mass is 287 g/mol. The topological polar surface area (TPSA) is 77.2 Å². The van der Waals surface area contributed by atoms with Crippen molar-refractivity contribution in [3.8, 4) is 0 Å². The highest BCUT2D eigenvalue weighted by Crippen LogP contribution is 2.35. The fourth-order valence-corrected chi connectivity index (χ4v) is 2.64. The maximum atomic E-state index is 12.0. The molecule has 2 aromatic rings. The lowest BCUT2D eigenvalue weighted by atomic mass is 10.1. The van der Waals surface area contributed by atoms with E-state index in [-0.39, 0.29) is 17.3 Å². The number of hydrogen-bond donors (Lipinski definition) is 1. The molecule has 1 aliphatic rings. The Balaban J connectivity index is 2.15. The molecule has 0 amide bonds. The molecular weight excluding hydrogens is 270 g/mol. The second-order valence-corrected chi connectivity index (χ2v) is 5.68. The van der Waals surface area contributed by atoms with E-state index in [1.54, 1.807) is 13.1 Å². The Bertz CT molecular complexity index is 778. The summed E-state index contributed by atoms with van der Waals surface area (Å²) in [4.78, 5) is 22.6. The molecule has 6 nitrogen and oxygen atoms in total. The average Bonchev–Trinajstić information content (AvgIpc) is 3.28. The Labute approximate surface area is 121 Å². The van der Waals surface area contributed by atoms with E-state index in [4.69, 9.17) is 0 Å². The molecule has 0 saturated heterocycles. The Morgan fingerprint density at radius 3 is 2.71 bits per heavy atom. The van der Waals surface area contributed by atoms with E-state index in [9.17, 15) is 14.9 Å². The van der Waals surface area contributed by atoms with Gasteiger partial charge >= 0.3 is 0 Å². The molecule has 0 spiro atoms. The van der Waals surface area contributed by atoms with Gasteiger partial charge in [-0.1, -0.05) is 0 Å². The minimum atomic E-state index is -0.418. The van der Waals surface area contributed by atoms with E-state index in [1.807, 2.05) is 0 Å². The summed E-state index contributed by atoms with van der Waals surface area (Å²) in [5, 5.41) is 15.0. The zero-order chi connectivity index (χ0) is 15.1. The number of hydrogen-bond acceptors (Lipinski definition) is 4. The van der Waals surface area contributed by atoms with Crippen molar-refractivity contribution in [2.75, 3.05) is 5.32 Å². The zero-order valence-corrected chi connectivity index (χ0v) is 12.0. The summed E-state index contributed by atoms with van der Waals surface area (Å²) in [6, 6.07) is 6.36. The number of nitro groups is 1. The Kier molecular flexibility index (Phi) is 3.16. The van der Waals surface area contributed by atoms with Gasteiger partial charge in [-0.3, -0.25) is 14.9 Å². The highest BCUT2D eigenvalue weighted by atomic mass is 16.6. The van der Waals surface area contributed by atoms with Crippen molar-refractivity contribution >= 4 is 22.3 Å². The summed E-state index contributed by atoms with van der Waals surface area (Å²) in [5.41, 5.74) is 1.28. The van der Waals surface area contributed by atoms with Crippen LogP contribution in [0.3, 0.4) is 0 Å². The molecule has 0 radical (unpaired) electrons. The van der Waals surface area contributed by atoms with E-state index in [1.165, 1.54) is 35.6 Å². The van der Waals surface area contributed by atoms with Gasteiger partial charge in [-0.05, 0) is 31.7 Å². The van der Waals surface area contributed by atoms with Gasteiger partial charge in [0.2, 0.25) is 0 Å². The molecule has 21 heavy (non-hydrogen) atoms. The SMILES string of the molecule is CC(Nc1cc(=O)n(C)c2ccc([N+](=O)[O-])cc12)C1CC1. The third kappa shape index (κ3) is 2.49. The van der Waals surface area contributed by atoms with Crippen molar-refractivity contribution in [2.45, 2.75) is 25.8 Å². The van der Waals surface area contributed by atoms with Crippen LogP contribution < -0.4 is 10.9 Å². The van der Waals surface area contributed by atoms with Crippen molar-refractivity contribution in [3.63, 3.8) is 0 Å². The predicted molar refractivity (Wildman–Crippen MR) is 81.7 cm³/mol. The van der Waals surface area contributed by atoms with E-state index in [0.29, 0.717) is 22.5 Å². The van der Waals surface area contributed by atoms with Crippen LogP contribution in [-0.2, 0) is 7.05 Å². The fraction of sp³-hybridized carbons (Fsp3) is 0.400. The molecule has 1 aromatic carbocycles. The van der Waals surface area contributed by atoms with Crippen molar-refractivity contribution in [1.82, 2.24) is 4.57 Å². The summed E-state index contributed by atoms with van der Waals surface area (Å²) in [5.74, 6) is 0.628. The first kappa shape index (κ1) is 13.6. The molecule has 1 unspecified atom stereocenters. The van der Waals surface area contributed by atoms with Gasteiger partial charge in [-0.2, -0.15) is 0 Å². The Hall–Kier alpha value is -2.37. The maximum absolute atomic E-state index is 12.0. The third-order valence-electron chi connectivity index (χ3n) is 4.15. The summed E-state index contributed by atoms with van der Waals surface area (Å²) in [6.45, 7) is 2.08. The van der Waals surface area contributed by atoms with Crippen molar-refractivity contribution in [1.29, 1.82) is 0 Å². The molecule has 1 N–H and O–H groups in total. The maximum Gasteiger partial charge on any atom is 0.270 e. The van der Waals surface area contributed by atoms with Gasteiger partial charge in [0.05, 0.1) is 10.4 Å². The lowest BCUT2D eigenvalue weighted by Crippen LogP contribution is -2.22. The number of nitro benzene ring substituents is 1. The molecule has 1 heterocycles. The zero-order valence-electron chi connectivity index (χ0n) is 12.0. The first-order valence-electron chi connectivity index (χ1n) is 7.02. The van der Waals surface area contributed by atoms with Crippen molar-refractivity contribution in [3.05, 3.63) is 44.7 Å². The number of anilines is 1. The lowest BCUT2D eigenvalue weighted by Gasteiger charge is -2.17. The van der Waals surface area contributed by atoms with E-state index in [0.717, 1.165) is 0 Å². The number of fused-ring (bicyclic) bond motifs is 1. The van der Waals surface area contributed by atoms with Crippen LogP contribution in [0.4, 0.5) is 11.4 Å². The normalized spacial score (nSPS) is 15.9. The van der Waals surface area contributed by atoms with Gasteiger partial charge in [-0.15, -0.1) is 0 Å². The smallest absolute Gasteiger partial charge is 0.270 e. The Morgan fingerprint density at radius 2 is 2.10 bits per heavy atom. The number of non-ortho nitro benzene ring substituents is 1. The second kappa shape index (κ2) is 4.87. The largest absolute Gasteiger partial charge is 0.382 e. The first-order valence-corrected chi connectivity index (χ1v) is 7.02. The van der Waals surface area contributed by atoms with Crippen LogP contribution in [-0.4, -0.2) is 15.5 Å². The van der Waals surface area contributed by atoms with Crippen LogP contribution >= 0.6 is 0 Å². The van der Waals surface area contributed by atoms with Crippen LogP contribution in [0, 0.1) is 16.0 Å². The highest BCUT2D eigenvalue weighted by Gasteiger charge is 2.28. The van der Waals surface area contributed by atoms with Crippen LogP contribution in [0.5, 0.6) is 0 Å². The van der Waals surface area contributed by atoms with Gasteiger partial charge in [0.25, 0.3) is 11.2 Å². The van der Waals surface area contributed by atoms with Crippen LogP contribution in [0.2, 0.25) is 0 Å². The molecule has 3 rings (SSSR count). The molecule has 1 aliphatic carbocycles. The quantitative estimate of drug-likeness (QED) is 0.692. The van der Waals surface area contributed by atoms with Gasteiger partial charge in [0.15, 0.2) is 0 Å². The van der Waals surface area contributed by atoms with E-state index < -0.39 is 4.92 Å². The summed E-state index contributed by atoms with van der Waals surface area (Å²) in [7, 11) is 1.67. The minimum Gasteiger partial charge on any atom is -0.382 e. The summed E-state index contributed by atoms with van der Waals surface area (Å²) < 4.78 is 1.51. The first-order chi connectivity index (χ1) is 9.97. The molecule has 0 bridgehead atoms. The minimum absolute atomic E-state index is 0.0308. The van der Waals surface area contributed by atoms with Gasteiger partial charge < -0.3 is 9.88 Å². The molecule has 1 aromatic heterocycles. The standard InChI is InChI=1S/C15H17N3O3/c1-9(10-3-4-10)16-13-8-15(19)17(2)14-6-5-11(18(20)21)7-12(13)14/h5-10,16H,3-4H2,1-2H3. The number of aryl methyl sites for hydroxylation is 1. The number of nitrogens with zero attached hydrogens (tertiary/aromatic N) is 2. The molecular formula is C15H17N3O3. The molecule has 1 saturated carbocycles. The number of pyridine rings is 1. The Morgan fingerprint density at radius 1 is 1.38 bits per heavy atom. The number of benzene rings is 1. The van der Waals surface area contributed by atoms with Crippen molar-refractivity contribution in [2.24, 2.45) is 13.0 Å². The third-order valence-corrected chi connectivity index (χ3v) is 4.15. The molecule has 1 atom stereocenters. The molecule has 110 valence electrons. The van der Waals surface area contributed by atoms with Gasteiger partial charge in [0.1, 0.15) is 0 Å². The van der Waals surface area contributed by atoms with Crippen LogP contribution in [0.1, 0.15) is 19.8 Å². The highest BCUT2D eigenvalue weighted by molar-refractivity contribution is 5.93. The molecule has 6 heteroatoms. The lowest BCUT2D eigenvalue weighted by molar-refractivity contribution is -0.384. The fourth-order valence-electron chi connectivity index (χ4n) is 2.64. The number of aromatic nitrogens is 1. The average molecular weight is 287 g/mol. The van der Waals surface area contributed by atoms with Gasteiger partial charge in [-0.25, -0.2) is 0 Å².